The highest BCUT2D eigenvalue weighted by atomic mass is 16.5. The van der Waals surface area contributed by atoms with Gasteiger partial charge in [-0.15, -0.1) is 16.6 Å². The predicted molar refractivity (Wildman–Crippen MR) is 230 cm³/mol. The Labute approximate surface area is 328 Å². The van der Waals surface area contributed by atoms with Gasteiger partial charge in [0.05, 0.1) is 14.2 Å². The molecule has 0 aliphatic heterocycles. The number of benzene rings is 3. The van der Waals surface area contributed by atoms with Gasteiger partial charge in [0.15, 0.2) is 11.5 Å². The summed E-state index contributed by atoms with van der Waals surface area (Å²) in [5.41, 5.74) is 9.37. The van der Waals surface area contributed by atoms with Gasteiger partial charge in [-0.3, -0.25) is 0 Å². The monoisotopic (exact) mass is 734 g/mol. The van der Waals surface area contributed by atoms with Crippen LogP contribution in [0.3, 0.4) is 0 Å². The van der Waals surface area contributed by atoms with Crippen molar-refractivity contribution in [2.75, 3.05) is 19.1 Å². The lowest BCUT2D eigenvalue weighted by atomic mass is 9.97. The molecule has 0 fully saturated rings. The minimum atomic E-state index is 0. The van der Waals surface area contributed by atoms with Gasteiger partial charge in [0.25, 0.3) is 0 Å². The highest BCUT2D eigenvalue weighted by molar-refractivity contribution is 5.90. The summed E-state index contributed by atoms with van der Waals surface area (Å²) >= 11 is 0. The number of hydrogen-bond donors (Lipinski definition) is 0. The summed E-state index contributed by atoms with van der Waals surface area (Å²) in [5, 5.41) is 9.46. The van der Waals surface area contributed by atoms with Crippen LogP contribution < -0.4 is 14.4 Å². The first-order chi connectivity index (χ1) is 26.0. The van der Waals surface area contributed by atoms with Gasteiger partial charge < -0.3 is 18.9 Å². The molecular formula is C47H67N5O2. The molecule has 2 aromatic heterocycles. The van der Waals surface area contributed by atoms with Crippen LogP contribution in [0, 0.1) is 38.0 Å². The Hall–Kier alpha value is -4.83. The number of imidazole rings is 1. The van der Waals surface area contributed by atoms with Gasteiger partial charge in [-0.05, 0) is 78.8 Å². The third-order valence-corrected chi connectivity index (χ3v) is 9.25. The van der Waals surface area contributed by atoms with Crippen LogP contribution in [0.25, 0.3) is 11.0 Å². The zero-order valence-corrected chi connectivity index (χ0v) is 35.2. The Morgan fingerprint density at radius 3 is 2.19 bits per heavy atom. The summed E-state index contributed by atoms with van der Waals surface area (Å²) in [5.74, 6) is 7.49. The van der Waals surface area contributed by atoms with Crippen LogP contribution in [0.2, 0.25) is 0 Å². The maximum Gasteiger partial charge on any atom is 0.180 e. The normalized spacial score (nSPS) is 11.3. The molecule has 0 saturated heterocycles. The number of fused-ring (bicyclic) bond motifs is 1. The predicted octanol–water partition coefficient (Wildman–Crippen LogP) is 11.6. The summed E-state index contributed by atoms with van der Waals surface area (Å²) in [6.07, 6.45) is 11.3. The number of methoxy groups -OCH3 is 2. The van der Waals surface area contributed by atoms with E-state index in [9.17, 15) is 0 Å². The molecule has 0 aliphatic rings. The molecular weight excluding hydrogens is 667 g/mol. The van der Waals surface area contributed by atoms with Crippen molar-refractivity contribution in [3.05, 3.63) is 106 Å². The number of rotatable bonds is 15. The van der Waals surface area contributed by atoms with Gasteiger partial charge >= 0.3 is 0 Å². The van der Waals surface area contributed by atoms with Gasteiger partial charge in [-0.1, -0.05) is 116 Å². The Bertz CT molecular complexity index is 1960. The molecule has 0 spiro atoms. The standard InChI is InChI=1S/C41H49N5O2.C4H10.C2H6.H2/c1-9-12-16-38-42-39-40(46(38)25-32-15-13-14-31(23-32)22-28(4)10-2)36(11-3)43-44-41(39)45(26-33-18-17-29(5)21-30(33)6)27-34-19-20-35(47-7)24-37(34)48-8;1-4(2)3;1-2;/h3,13-15,17-21,23-24,28H,9-10,12,16,22,25-27H2,1-2,4-8H3;4H,1-3H3;1-2H3;1H. The molecule has 5 rings (SSSR count). The average molecular weight is 734 g/mol. The maximum absolute atomic E-state index is 6.12. The number of aryl methyl sites for hydroxylation is 3. The lowest BCUT2D eigenvalue weighted by molar-refractivity contribution is 0.390. The van der Waals surface area contributed by atoms with Crippen molar-refractivity contribution < 1.29 is 10.9 Å². The van der Waals surface area contributed by atoms with Gasteiger partial charge in [-0.25, -0.2) is 4.98 Å². The molecule has 1 unspecified atom stereocenters. The third-order valence-electron chi connectivity index (χ3n) is 9.25. The molecule has 0 bridgehead atoms. The van der Waals surface area contributed by atoms with Crippen LogP contribution in [-0.4, -0.2) is 34.0 Å². The van der Waals surface area contributed by atoms with E-state index in [0.29, 0.717) is 37.1 Å². The number of terminal acetylenes is 1. The number of hydrogen-bond acceptors (Lipinski definition) is 6. The molecule has 5 aromatic rings. The van der Waals surface area contributed by atoms with E-state index in [2.05, 4.69) is 118 Å². The lowest BCUT2D eigenvalue weighted by Crippen LogP contribution is -2.25. The summed E-state index contributed by atoms with van der Waals surface area (Å²) < 4.78 is 13.6. The van der Waals surface area contributed by atoms with E-state index in [-0.39, 0.29) is 1.43 Å². The van der Waals surface area contributed by atoms with Crippen molar-refractivity contribution in [1.29, 1.82) is 0 Å². The molecule has 0 aliphatic carbocycles. The summed E-state index contributed by atoms with van der Waals surface area (Å²) in [6, 6.07) is 21.4. The zero-order valence-electron chi connectivity index (χ0n) is 35.2. The maximum atomic E-state index is 6.12. The Morgan fingerprint density at radius 2 is 1.56 bits per heavy atom. The molecule has 3 aromatic carbocycles. The van der Waals surface area contributed by atoms with Gasteiger partial charge in [0.1, 0.15) is 28.4 Å². The van der Waals surface area contributed by atoms with Crippen molar-refractivity contribution >= 4 is 16.9 Å². The molecule has 0 amide bonds. The molecule has 54 heavy (non-hydrogen) atoms. The molecule has 292 valence electrons. The van der Waals surface area contributed by atoms with E-state index in [4.69, 9.17) is 26.0 Å². The van der Waals surface area contributed by atoms with Crippen molar-refractivity contribution in [1.82, 2.24) is 19.7 Å². The largest absolute Gasteiger partial charge is 0.497 e. The highest BCUT2D eigenvalue weighted by Gasteiger charge is 2.24. The van der Waals surface area contributed by atoms with Crippen molar-refractivity contribution in [2.45, 2.75) is 121 Å². The van der Waals surface area contributed by atoms with E-state index >= 15 is 0 Å². The fraction of sp³-hybridized carbons (Fsp3) is 0.468. The van der Waals surface area contributed by atoms with E-state index in [1.165, 1.54) is 27.8 Å². The van der Waals surface area contributed by atoms with Crippen LogP contribution in [-0.2, 0) is 32.5 Å². The Kier molecular flexibility index (Phi) is 17.6. The highest BCUT2D eigenvalue weighted by Crippen LogP contribution is 2.33. The summed E-state index contributed by atoms with van der Waals surface area (Å²) in [7, 11) is 3.35. The molecule has 0 saturated carbocycles. The molecule has 0 N–H and O–H groups in total. The second kappa shape index (κ2) is 21.8. The van der Waals surface area contributed by atoms with Crippen molar-refractivity contribution in [3.63, 3.8) is 0 Å². The molecule has 7 nitrogen and oxygen atoms in total. The third kappa shape index (κ3) is 11.8. The van der Waals surface area contributed by atoms with Crippen LogP contribution in [0.4, 0.5) is 5.82 Å². The quantitative estimate of drug-likeness (QED) is 0.0998. The van der Waals surface area contributed by atoms with Crippen LogP contribution in [0.5, 0.6) is 11.5 Å². The van der Waals surface area contributed by atoms with Crippen LogP contribution in [0.1, 0.15) is 121 Å². The van der Waals surface area contributed by atoms with Crippen LogP contribution in [0.15, 0.2) is 60.7 Å². The number of ether oxygens (including phenoxy) is 2. The molecule has 2 heterocycles. The lowest BCUT2D eigenvalue weighted by Gasteiger charge is -2.26. The SMILES string of the molecule is C#Cc1nnc(N(Cc2ccc(C)cc2C)Cc2ccc(OC)cc2OC)c2nc(CCCC)n(Cc3cccc(CC(C)CC)c3)c12.CC.CC(C)C.[HH]. The fourth-order valence-corrected chi connectivity index (χ4v) is 6.30. The van der Waals surface area contributed by atoms with Crippen molar-refractivity contribution in [2.24, 2.45) is 11.8 Å². The summed E-state index contributed by atoms with van der Waals surface area (Å²) in [6.45, 7) is 23.3. The van der Waals surface area contributed by atoms with E-state index in [1.54, 1.807) is 14.2 Å². The first kappa shape index (κ1) is 43.6. The Morgan fingerprint density at radius 1 is 0.870 bits per heavy atom. The average Bonchev–Trinajstić information content (AvgIpc) is 3.52. The van der Waals surface area contributed by atoms with Gasteiger partial charge in [0, 0.05) is 39.1 Å². The second-order valence-electron chi connectivity index (χ2n) is 14.7. The number of nitrogens with zero attached hydrogens (tertiary/aromatic N) is 5. The summed E-state index contributed by atoms with van der Waals surface area (Å²) in [4.78, 5) is 7.56. The minimum Gasteiger partial charge on any atom is -0.497 e. The van der Waals surface area contributed by atoms with E-state index < -0.39 is 0 Å². The topological polar surface area (TPSA) is 65.3 Å². The van der Waals surface area contributed by atoms with Crippen LogP contribution >= 0.6 is 0 Å². The molecule has 0 radical (unpaired) electrons. The molecule has 1 atom stereocenters. The first-order valence-corrected chi connectivity index (χ1v) is 19.8. The number of aromatic nitrogens is 4. The molecule has 7 heteroatoms. The number of anilines is 1. The van der Waals surface area contributed by atoms with E-state index in [0.717, 1.165) is 71.9 Å². The van der Waals surface area contributed by atoms with Crippen molar-refractivity contribution in [3.8, 4) is 23.8 Å². The zero-order chi connectivity index (χ0) is 39.8. The first-order valence-electron chi connectivity index (χ1n) is 19.8. The smallest absolute Gasteiger partial charge is 0.180 e. The number of unbranched alkanes of at least 4 members (excludes halogenated alkanes) is 1. The fourth-order valence-electron chi connectivity index (χ4n) is 6.30. The minimum absolute atomic E-state index is 0. The Balaban J connectivity index is 0.00000140. The van der Waals surface area contributed by atoms with Gasteiger partial charge in [0.2, 0.25) is 0 Å². The van der Waals surface area contributed by atoms with Gasteiger partial charge in [-0.2, -0.15) is 0 Å². The van der Waals surface area contributed by atoms with E-state index in [1.807, 2.05) is 32.0 Å². The second-order valence-corrected chi connectivity index (χ2v) is 14.7.